The minimum Gasteiger partial charge on any atom is -0.481 e. The summed E-state index contributed by atoms with van der Waals surface area (Å²) in [6, 6.07) is -0.126. The fourth-order valence-corrected chi connectivity index (χ4v) is 5.59. The second kappa shape index (κ2) is 7.94. The Morgan fingerprint density at radius 2 is 1.91 bits per heavy atom. The maximum absolute atomic E-state index is 12.6. The maximum Gasteiger partial charge on any atom is 0.307 e. The Balaban J connectivity index is 1.89. The number of ether oxygens (including phenoxy) is 1. The van der Waals surface area contributed by atoms with Crippen LogP contribution >= 0.6 is 0 Å². The molecule has 1 saturated heterocycles. The molecule has 0 amide bonds. The summed E-state index contributed by atoms with van der Waals surface area (Å²) in [5, 5.41) is 9.15. The highest BCUT2D eigenvalue weighted by Crippen LogP contribution is 2.26. The lowest BCUT2D eigenvalue weighted by Gasteiger charge is -2.36. The highest BCUT2D eigenvalue weighted by atomic mass is 32.2. The van der Waals surface area contributed by atoms with Crippen LogP contribution < -0.4 is 0 Å². The van der Waals surface area contributed by atoms with Gasteiger partial charge in [-0.3, -0.25) is 4.79 Å². The lowest BCUT2D eigenvalue weighted by molar-refractivity contribution is -0.143. The zero-order valence-electron chi connectivity index (χ0n) is 14.1. The number of carboxylic acids is 1. The Morgan fingerprint density at radius 3 is 2.52 bits per heavy atom. The Morgan fingerprint density at radius 1 is 1.26 bits per heavy atom. The van der Waals surface area contributed by atoms with Gasteiger partial charge in [0.25, 0.3) is 0 Å². The number of piperidine rings is 1. The highest BCUT2D eigenvalue weighted by Gasteiger charge is 2.37. The highest BCUT2D eigenvalue weighted by molar-refractivity contribution is 7.89. The van der Waals surface area contributed by atoms with E-state index in [4.69, 9.17) is 9.84 Å². The first-order chi connectivity index (χ1) is 10.8. The molecule has 0 bridgehead atoms. The van der Waals surface area contributed by atoms with Crippen molar-refractivity contribution in [1.29, 1.82) is 0 Å². The van der Waals surface area contributed by atoms with E-state index in [1.54, 1.807) is 0 Å². The summed E-state index contributed by atoms with van der Waals surface area (Å²) in [7, 11) is -3.45. The summed E-state index contributed by atoms with van der Waals surface area (Å²) >= 11 is 0. The molecule has 2 aliphatic rings. The van der Waals surface area contributed by atoms with Gasteiger partial charge >= 0.3 is 5.97 Å². The third-order valence-electron chi connectivity index (χ3n) is 4.95. The van der Waals surface area contributed by atoms with Gasteiger partial charge in [0.15, 0.2) is 0 Å². The van der Waals surface area contributed by atoms with E-state index in [2.05, 4.69) is 0 Å². The standard InChI is InChI=1S/C16H29NO5S/c1-12(10-22-15-5-3-4-6-15)11-23(20,21)17-9-14(16(18)19)8-7-13(17)2/h12-15H,3-11H2,1-2H3,(H,18,19). The van der Waals surface area contributed by atoms with Gasteiger partial charge < -0.3 is 9.84 Å². The van der Waals surface area contributed by atoms with Crippen molar-refractivity contribution in [2.45, 2.75) is 64.5 Å². The van der Waals surface area contributed by atoms with Crippen LogP contribution in [0.1, 0.15) is 52.4 Å². The second-order valence-corrected chi connectivity index (χ2v) is 9.12. The fraction of sp³-hybridized carbons (Fsp3) is 0.938. The van der Waals surface area contributed by atoms with Crippen molar-refractivity contribution in [2.24, 2.45) is 11.8 Å². The molecule has 7 heteroatoms. The molecule has 0 spiro atoms. The molecule has 0 aromatic carbocycles. The summed E-state index contributed by atoms with van der Waals surface area (Å²) in [5.41, 5.74) is 0. The van der Waals surface area contributed by atoms with Crippen LogP contribution in [0.25, 0.3) is 0 Å². The van der Waals surface area contributed by atoms with Crippen molar-refractivity contribution in [1.82, 2.24) is 4.31 Å². The molecule has 1 N–H and O–H groups in total. The van der Waals surface area contributed by atoms with Gasteiger partial charge in [-0.15, -0.1) is 0 Å². The monoisotopic (exact) mass is 347 g/mol. The molecular formula is C16H29NO5S. The van der Waals surface area contributed by atoms with E-state index in [1.807, 2.05) is 13.8 Å². The topological polar surface area (TPSA) is 83.9 Å². The first kappa shape index (κ1) is 18.7. The Hall–Kier alpha value is -0.660. The average Bonchev–Trinajstić information content (AvgIpc) is 2.98. The first-order valence-corrected chi connectivity index (χ1v) is 10.2. The normalized spacial score (nSPS) is 28.8. The van der Waals surface area contributed by atoms with Crippen molar-refractivity contribution >= 4 is 16.0 Å². The van der Waals surface area contributed by atoms with E-state index < -0.39 is 21.9 Å². The molecule has 23 heavy (non-hydrogen) atoms. The molecule has 1 heterocycles. The van der Waals surface area contributed by atoms with Crippen molar-refractivity contribution in [3.8, 4) is 0 Å². The molecule has 6 nitrogen and oxygen atoms in total. The van der Waals surface area contributed by atoms with Gasteiger partial charge in [0.2, 0.25) is 10.0 Å². The largest absolute Gasteiger partial charge is 0.481 e. The SMILES string of the molecule is CC(COC1CCCC1)CS(=O)(=O)N1CC(C(=O)O)CCC1C. The summed E-state index contributed by atoms with van der Waals surface area (Å²) in [6.07, 6.45) is 5.96. The third-order valence-corrected chi connectivity index (χ3v) is 7.16. The fourth-order valence-electron chi connectivity index (χ4n) is 3.52. The molecule has 0 aromatic heterocycles. The molecule has 3 atom stereocenters. The molecular weight excluding hydrogens is 318 g/mol. The number of sulfonamides is 1. The minimum absolute atomic E-state index is 0.0242. The van der Waals surface area contributed by atoms with E-state index >= 15 is 0 Å². The van der Waals surface area contributed by atoms with E-state index in [0.29, 0.717) is 19.4 Å². The lowest BCUT2D eigenvalue weighted by atomic mass is 9.96. The van der Waals surface area contributed by atoms with Crippen LogP contribution in [0.2, 0.25) is 0 Å². The minimum atomic E-state index is -3.45. The summed E-state index contributed by atoms with van der Waals surface area (Å²) in [4.78, 5) is 11.2. The maximum atomic E-state index is 12.6. The molecule has 1 aliphatic heterocycles. The Labute approximate surface area is 139 Å². The Bertz CT molecular complexity index is 501. The molecule has 134 valence electrons. The number of rotatable bonds is 7. The lowest BCUT2D eigenvalue weighted by Crippen LogP contribution is -2.48. The number of hydrogen-bond donors (Lipinski definition) is 1. The Kier molecular flexibility index (Phi) is 6.45. The van der Waals surface area contributed by atoms with Crippen LogP contribution in [0.15, 0.2) is 0 Å². The second-order valence-electron chi connectivity index (χ2n) is 7.15. The first-order valence-electron chi connectivity index (χ1n) is 8.63. The smallest absolute Gasteiger partial charge is 0.307 e. The van der Waals surface area contributed by atoms with Gasteiger partial charge in [-0.25, -0.2) is 8.42 Å². The van der Waals surface area contributed by atoms with Crippen molar-refractivity contribution in [3.05, 3.63) is 0 Å². The molecule has 1 saturated carbocycles. The van der Waals surface area contributed by atoms with E-state index in [1.165, 1.54) is 17.1 Å². The van der Waals surface area contributed by atoms with Crippen LogP contribution in [-0.2, 0) is 19.6 Å². The molecule has 1 aliphatic carbocycles. The summed E-state index contributed by atoms with van der Waals surface area (Å²) in [6.45, 7) is 4.29. The molecule has 3 unspecified atom stereocenters. The van der Waals surface area contributed by atoms with E-state index in [0.717, 1.165) is 12.8 Å². The number of carboxylic acid groups (broad SMARTS) is 1. The van der Waals surface area contributed by atoms with Gasteiger partial charge in [-0.1, -0.05) is 19.8 Å². The van der Waals surface area contributed by atoms with Gasteiger partial charge in [-0.2, -0.15) is 4.31 Å². The van der Waals surface area contributed by atoms with Crippen molar-refractivity contribution in [3.63, 3.8) is 0 Å². The summed E-state index contributed by atoms with van der Waals surface area (Å²) < 4.78 is 32.5. The van der Waals surface area contributed by atoms with E-state index in [9.17, 15) is 13.2 Å². The zero-order valence-corrected chi connectivity index (χ0v) is 14.9. The van der Waals surface area contributed by atoms with Crippen LogP contribution in [0.5, 0.6) is 0 Å². The van der Waals surface area contributed by atoms with Crippen LogP contribution in [0, 0.1) is 11.8 Å². The number of aliphatic carboxylic acids is 1. The molecule has 0 aromatic rings. The van der Waals surface area contributed by atoms with E-state index in [-0.39, 0.29) is 30.4 Å². The average molecular weight is 347 g/mol. The quantitative estimate of drug-likeness (QED) is 0.762. The van der Waals surface area contributed by atoms with Gasteiger partial charge in [0, 0.05) is 12.6 Å². The van der Waals surface area contributed by atoms with Gasteiger partial charge in [-0.05, 0) is 38.5 Å². The molecule has 2 rings (SSSR count). The van der Waals surface area contributed by atoms with Crippen LogP contribution in [0.4, 0.5) is 0 Å². The number of hydrogen-bond acceptors (Lipinski definition) is 4. The van der Waals surface area contributed by atoms with Crippen molar-refractivity contribution < 1.29 is 23.1 Å². The van der Waals surface area contributed by atoms with Gasteiger partial charge in [0.1, 0.15) is 0 Å². The molecule has 2 fully saturated rings. The number of carbonyl (C=O) groups is 1. The predicted molar refractivity (Wildman–Crippen MR) is 87.7 cm³/mol. The van der Waals surface area contributed by atoms with Crippen LogP contribution in [0.3, 0.4) is 0 Å². The third kappa shape index (κ3) is 5.16. The van der Waals surface area contributed by atoms with Crippen LogP contribution in [-0.4, -0.2) is 54.8 Å². The molecule has 0 radical (unpaired) electrons. The van der Waals surface area contributed by atoms with Crippen molar-refractivity contribution in [2.75, 3.05) is 18.9 Å². The zero-order chi connectivity index (χ0) is 17.0. The summed E-state index contributed by atoms with van der Waals surface area (Å²) in [5.74, 6) is -1.56. The number of nitrogens with zero attached hydrogens (tertiary/aromatic N) is 1. The predicted octanol–water partition coefficient (Wildman–Crippen LogP) is 2.10. The van der Waals surface area contributed by atoms with Gasteiger partial charge in [0.05, 0.1) is 24.4 Å².